The first-order valence-corrected chi connectivity index (χ1v) is 7.41. The molecule has 1 aliphatic rings. The average Bonchev–Trinajstić information content (AvgIpc) is 2.30. The van der Waals surface area contributed by atoms with Gasteiger partial charge in [0.2, 0.25) is 0 Å². The summed E-state index contributed by atoms with van der Waals surface area (Å²) in [7, 11) is 4.39. The SMILES string of the molecule is CCC(CC)(C(N)C1CCCC(C)C1)N(C)C. The smallest absolute Gasteiger partial charge is 0.0351 e. The van der Waals surface area contributed by atoms with Crippen LogP contribution < -0.4 is 5.73 Å². The first-order valence-electron chi connectivity index (χ1n) is 7.41. The van der Waals surface area contributed by atoms with E-state index in [0.717, 1.165) is 24.7 Å². The number of nitrogens with zero attached hydrogens (tertiary/aromatic N) is 1. The van der Waals surface area contributed by atoms with E-state index in [4.69, 9.17) is 5.73 Å². The minimum absolute atomic E-state index is 0.196. The van der Waals surface area contributed by atoms with Crippen LogP contribution in [0.15, 0.2) is 0 Å². The van der Waals surface area contributed by atoms with Gasteiger partial charge >= 0.3 is 0 Å². The summed E-state index contributed by atoms with van der Waals surface area (Å²) < 4.78 is 0. The number of likely N-dealkylation sites (N-methyl/N-ethyl adjacent to an activating group) is 1. The lowest BCUT2D eigenvalue weighted by Crippen LogP contribution is -2.60. The number of rotatable bonds is 5. The summed E-state index contributed by atoms with van der Waals surface area (Å²) in [5.74, 6) is 1.59. The second-order valence-electron chi connectivity index (χ2n) is 6.26. The Morgan fingerprint density at radius 2 is 1.82 bits per heavy atom. The van der Waals surface area contributed by atoms with Crippen molar-refractivity contribution in [1.82, 2.24) is 4.90 Å². The van der Waals surface area contributed by atoms with Crippen molar-refractivity contribution in [3.8, 4) is 0 Å². The van der Waals surface area contributed by atoms with Gasteiger partial charge in [-0.05, 0) is 51.6 Å². The predicted molar refractivity (Wildman–Crippen MR) is 76.1 cm³/mol. The van der Waals surface area contributed by atoms with Crippen LogP contribution in [0.2, 0.25) is 0 Å². The minimum Gasteiger partial charge on any atom is -0.326 e. The van der Waals surface area contributed by atoms with E-state index in [1.54, 1.807) is 0 Å². The van der Waals surface area contributed by atoms with Crippen molar-refractivity contribution in [3.05, 3.63) is 0 Å². The van der Waals surface area contributed by atoms with Crippen LogP contribution in [0.1, 0.15) is 59.3 Å². The van der Waals surface area contributed by atoms with Gasteiger partial charge in [-0.3, -0.25) is 0 Å². The van der Waals surface area contributed by atoms with Gasteiger partial charge in [-0.1, -0.05) is 33.6 Å². The maximum absolute atomic E-state index is 6.67. The lowest BCUT2D eigenvalue weighted by Gasteiger charge is -2.48. The van der Waals surface area contributed by atoms with Gasteiger partial charge in [-0.15, -0.1) is 0 Å². The summed E-state index contributed by atoms with van der Waals surface area (Å²) in [6.45, 7) is 6.96. The Hall–Kier alpha value is -0.0800. The third kappa shape index (κ3) is 3.03. The topological polar surface area (TPSA) is 29.3 Å². The molecular weight excluding hydrogens is 208 g/mol. The summed E-state index contributed by atoms with van der Waals surface area (Å²) in [6.07, 6.45) is 7.75. The molecule has 0 aromatic carbocycles. The van der Waals surface area contributed by atoms with E-state index in [0.29, 0.717) is 6.04 Å². The molecule has 0 aromatic heterocycles. The summed E-state index contributed by atoms with van der Waals surface area (Å²) >= 11 is 0. The van der Waals surface area contributed by atoms with Crippen LogP contribution in [0.3, 0.4) is 0 Å². The zero-order chi connectivity index (χ0) is 13.1. The summed E-state index contributed by atoms with van der Waals surface area (Å²) in [6, 6.07) is 0.329. The molecule has 0 radical (unpaired) electrons. The molecule has 2 heteroatoms. The zero-order valence-corrected chi connectivity index (χ0v) is 12.5. The van der Waals surface area contributed by atoms with E-state index in [9.17, 15) is 0 Å². The summed E-state index contributed by atoms with van der Waals surface area (Å²) in [4.78, 5) is 2.37. The number of nitrogens with two attached hydrogens (primary N) is 1. The molecule has 3 unspecified atom stereocenters. The van der Waals surface area contributed by atoms with E-state index >= 15 is 0 Å². The third-order valence-electron chi connectivity index (χ3n) is 5.22. The predicted octanol–water partition coefficient (Wildman–Crippen LogP) is 3.26. The van der Waals surface area contributed by atoms with Crippen molar-refractivity contribution in [2.75, 3.05) is 14.1 Å². The second kappa shape index (κ2) is 6.19. The van der Waals surface area contributed by atoms with Crippen LogP contribution in [0.25, 0.3) is 0 Å². The standard InChI is InChI=1S/C15H32N2/c1-6-15(7-2,17(4)5)14(16)13-10-8-9-12(3)11-13/h12-14H,6-11,16H2,1-5H3. The van der Waals surface area contributed by atoms with Crippen molar-refractivity contribution >= 4 is 0 Å². The molecule has 1 saturated carbocycles. The van der Waals surface area contributed by atoms with E-state index in [2.05, 4.69) is 39.8 Å². The van der Waals surface area contributed by atoms with Crippen molar-refractivity contribution in [2.45, 2.75) is 70.9 Å². The van der Waals surface area contributed by atoms with Gasteiger partial charge < -0.3 is 10.6 Å². The molecule has 0 aromatic rings. The van der Waals surface area contributed by atoms with Crippen molar-refractivity contribution in [1.29, 1.82) is 0 Å². The summed E-state index contributed by atoms with van der Waals surface area (Å²) in [5, 5.41) is 0. The normalized spacial score (nSPS) is 28.4. The molecule has 0 aliphatic heterocycles. The molecular formula is C15H32N2. The molecule has 2 N–H and O–H groups in total. The van der Waals surface area contributed by atoms with Crippen LogP contribution in [-0.2, 0) is 0 Å². The monoisotopic (exact) mass is 240 g/mol. The molecule has 0 bridgehead atoms. The molecule has 0 spiro atoms. The fraction of sp³-hybridized carbons (Fsp3) is 1.00. The number of hydrogen-bond acceptors (Lipinski definition) is 2. The molecule has 0 heterocycles. The van der Waals surface area contributed by atoms with Crippen LogP contribution in [0.4, 0.5) is 0 Å². The van der Waals surface area contributed by atoms with Crippen LogP contribution in [0, 0.1) is 11.8 Å². The van der Waals surface area contributed by atoms with Crippen LogP contribution >= 0.6 is 0 Å². The van der Waals surface area contributed by atoms with Crippen molar-refractivity contribution < 1.29 is 0 Å². The molecule has 0 saturated heterocycles. The van der Waals surface area contributed by atoms with Gasteiger partial charge in [-0.2, -0.15) is 0 Å². The maximum atomic E-state index is 6.67. The fourth-order valence-electron chi connectivity index (χ4n) is 3.90. The van der Waals surface area contributed by atoms with Gasteiger partial charge in [0.05, 0.1) is 0 Å². The van der Waals surface area contributed by atoms with Gasteiger partial charge in [0.1, 0.15) is 0 Å². The van der Waals surface area contributed by atoms with E-state index in [1.807, 2.05) is 0 Å². The Bertz CT molecular complexity index is 221. The largest absolute Gasteiger partial charge is 0.326 e. The highest BCUT2D eigenvalue weighted by Gasteiger charge is 2.40. The molecule has 17 heavy (non-hydrogen) atoms. The third-order valence-corrected chi connectivity index (χ3v) is 5.22. The Balaban J connectivity index is 2.79. The quantitative estimate of drug-likeness (QED) is 0.799. The minimum atomic E-state index is 0.196. The zero-order valence-electron chi connectivity index (χ0n) is 12.5. The first kappa shape index (κ1) is 15.0. The van der Waals surface area contributed by atoms with E-state index in [-0.39, 0.29) is 5.54 Å². The number of hydrogen-bond donors (Lipinski definition) is 1. The highest BCUT2D eigenvalue weighted by molar-refractivity contribution is 4.99. The lowest BCUT2D eigenvalue weighted by atomic mass is 9.70. The molecule has 1 fully saturated rings. The molecule has 3 atom stereocenters. The average molecular weight is 240 g/mol. The van der Waals surface area contributed by atoms with Crippen LogP contribution in [0.5, 0.6) is 0 Å². The molecule has 1 rings (SSSR count). The van der Waals surface area contributed by atoms with E-state index in [1.165, 1.54) is 25.7 Å². The van der Waals surface area contributed by atoms with Gasteiger partial charge in [-0.25, -0.2) is 0 Å². The first-order chi connectivity index (χ1) is 7.97. The van der Waals surface area contributed by atoms with Crippen molar-refractivity contribution in [3.63, 3.8) is 0 Å². The highest BCUT2D eigenvalue weighted by Crippen LogP contribution is 2.37. The Morgan fingerprint density at radius 1 is 1.24 bits per heavy atom. The molecule has 0 amide bonds. The summed E-state index contributed by atoms with van der Waals surface area (Å²) in [5.41, 5.74) is 6.87. The van der Waals surface area contributed by atoms with Gasteiger partial charge in [0.15, 0.2) is 0 Å². The highest BCUT2D eigenvalue weighted by atomic mass is 15.2. The molecule has 1 aliphatic carbocycles. The van der Waals surface area contributed by atoms with Gasteiger partial charge in [0, 0.05) is 11.6 Å². The molecule has 102 valence electrons. The fourth-order valence-corrected chi connectivity index (χ4v) is 3.90. The Morgan fingerprint density at radius 3 is 2.24 bits per heavy atom. The lowest BCUT2D eigenvalue weighted by molar-refractivity contribution is 0.0613. The van der Waals surface area contributed by atoms with E-state index < -0.39 is 0 Å². The Labute approximate surface area is 108 Å². The van der Waals surface area contributed by atoms with Crippen molar-refractivity contribution in [2.24, 2.45) is 17.6 Å². The van der Waals surface area contributed by atoms with Gasteiger partial charge in [0.25, 0.3) is 0 Å². The van der Waals surface area contributed by atoms with Crippen LogP contribution in [-0.4, -0.2) is 30.6 Å². The maximum Gasteiger partial charge on any atom is 0.0351 e. The molecule has 2 nitrogen and oxygen atoms in total. The second-order valence-corrected chi connectivity index (χ2v) is 6.26. The Kier molecular flexibility index (Phi) is 5.46.